The molecule has 0 spiro atoms. The first kappa shape index (κ1) is 13.3. The van der Waals surface area contributed by atoms with Crippen LogP contribution in [0.2, 0.25) is 5.02 Å². The first-order valence-electron chi connectivity index (χ1n) is 6.65. The van der Waals surface area contributed by atoms with Crippen molar-refractivity contribution in [3.8, 4) is 0 Å². The summed E-state index contributed by atoms with van der Waals surface area (Å²) in [5.41, 5.74) is 4.66. The van der Waals surface area contributed by atoms with Gasteiger partial charge in [-0.3, -0.25) is 0 Å². The lowest BCUT2D eigenvalue weighted by atomic mass is 10.1. The standard InChI is InChI=1S/C16H16ClFN2/c1-20-7-6-12-8-11(2-5-16(12)20)10-19-15-4-3-13(18)9-14(15)17/h2-5,8-9,19H,6-7,10H2,1H3. The molecule has 104 valence electrons. The molecule has 1 aliphatic heterocycles. The summed E-state index contributed by atoms with van der Waals surface area (Å²) in [7, 11) is 2.11. The molecule has 2 nitrogen and oxygen atoms in total. The third-order valence-electron chi connectivity index (χ3n) is 3.69. The van der Waals surface area contributed by atoms with Gasteiger partial charge in [0.15, 0.2) is 0 Å². The maximum absolute atomic E-state index is 13.0. The summed E-state index contributed by atoms with van der Waals surface area (Å²) in [6.45, 7) is 1.76. The van der Waals surface area contributed by atoms with Crippen LogP contribution in [0.4, 0.5) is 15.8 Å². The minimum atomic E-state index is -0.318. The van der Waals surface area contributed by atoms with Gasteiger partial charge in [0, 0.05) is 25.8 Å². The van der Waals surface area contributed by atoms with Crippen LogP contribution in [0.15, 0.2) is 36.4 Å². The second kappa shape index (κ2) is 5.33. The Morgan fingerprint density at radius 3 is 2.90 bits per heavy atom. The van der Waals surface area contributed by atoms with E-state index in [9.17, 15) is 4.39 Å². The van der Waals surface area contributed by atoms with Gasteiger partial charge in [-0.15, -0.1) is 0 Å². The Labute approximate surface area is 123 Å². The summed E-state index contributed by atoms with van der Waals surface area (Å²) in [4.78, 5) is 2.27. The third-order valence-corrected chi connectivity index (χ3v) is 4.00. The van der Waals surface area contributed by atoms with Gasteiger partial charge < -0.3 is 10.2 Å². The smallest absolute Gasteiger partial charge is 0.124 e. The van der Waals surface area contributed by atoms with Crippen molar-refractivity contribution in [2.24, 2.45) is 0 Å². The maximum Gasteiger partial charge on any atom is 0.124 e. The topological polar surface area (TPSA) is 15.3 Å². The van der Waals surface area contributed by atoms with Crippen LogP contribution < -0.4 is 10.2 Å². The Morgan fingerprint density at radius 1 is 1.25 bits per heavy atom. The van der Waals surface area contributed by atoms with Crippen LogP contribution in [-0.4, -0.2) is 13.6 Å². The highest BCUT2D eigenvalue weighted by Gasteiger charge is 2.15. The van der Waals surface area contributed by atoms with Crippen molar-refractivity contribution >= 4 is 23.0 Å². The molecule has 0 fully saturated rings. The Balaban J connectivity index is 1.73. The number of nitrogens with one attached hydrogen (secondary N) is 1. The normalized spacial score (nSPS) is 13.4. The Bertz CT molecular complexity index is 642. The third kappa shape index (κ3) is 2.59. The number of benzene rings is 2. The molecular formula is C16H16ClFN2. The first-order chi connectivity index (χ1) is 9.63. The number of likely N-dealkylation sites (N-methyl/N-ethyl adjacent to an activating group) is 1. The van der Waals surface area contributed by atoms with Crippen molar-refractivity contribution in [3.05, 3.63) is 58.4 Å². The highest BCUT2D eigenvalue weighted by Crippen LogP contribution is 2.28. The predicted octanol–water partition coefficient (Wildman–Crippen LogP) is 4.08. The van der Waals surface area contributed by atoms with E-state index in [1.54, 1.807) is 6.07 Å². The molecular weight excluding hydrogens is 275 g/mol. The Morgan fingerprint density at radius 2 is 2.10 bits per heavy atom. The van der Waals surface area contributed by atoms with Crippen LogP contribution in [0, 0.1) is 5.82 Å². The van der Waals surface area contributed by atoms with E-state index in [1.165, 1.54) is 28.9 Å². The summed E-state index contributed by atoms with van der Waals surface area (Å²) in [5.74, 6) is -0.318. The molecule has 4 heteroatoms. The number of hydrogen-bond acceptors (Lipinski definition) is 2. The van der Waals surface area contributed by atoms with Gasteiger partial charge in [0.1, 0.15) is 5.82 Å². The van der Waals surface area contributed by atoms with Gasteiger partial charge in [0.05, 0.1) is 10.7 Å². The molecule has 2 aromatic rings. The van der Waals surface area contributed by atoms with Gasteiger partial charge in [-0.1, -0.05) is 23.7 Å². The van der Waals surface area contributed by atoms with Gasteiger partial charge >= 0.3 is 0 Å². The van der Waals surface area contributed by atoms with Crippen LogP contribution >= 0.6 is 11.6 Å². The zero-order chi connectivity index (χ0) is 14.1. The molecule has 1 aliphatic rings. The molecule has 0 aromatic heterocycles. The fourth-order valence-electron chi connectivity index (χ4n) is 2.56. The first-order valence-corrected chi connectivity index (χ1v) is 7.03. The fourth-order valence-corrected chi connectivity index (χ4v) is 2.79. The summed E-state index contributed by atoms with van der Waals surface area (Å²) in [5, 5.41) is 3.65. The number of nitrogens with zero attached hydrogens (tertiary/aromatic N) is 1. The zero-order valence-electron chi connectivity index (χ0n) is 11.3. The van der Waals surface area contributed by atoms with E-state index in [0.29, 0.717) is 11.6 Å². The number of hydrogen-bond donors (Lipinski definition) is 1. The monoisotopic (exact) mass is 290 g/mol. The lowest BCUT2D eigenvalue weighted by Crippen LogP contribution is -2.12. The van der Waals surface area contributed by atoms with Crippen molar-refractivity contribution in [2.45, 2.75) is 13.0 Å². The highest BCUT2D eigenvalue weighted by molar-refractivity contribution is 6.33. The molecule has 0 radical (unpaired) electrons. The molecule has 1 heterocycles. The molecule has 2 aromatic carbocycles. The van der Waals surface area contributed by atoms with E-state index in [-0.39, 0.29) is 5.82 Å². The van der Waals surface area contributed by atoms with Crippen molar-refractivity contribution < 1.29 is 4.39 Å². The van der Waals surface area contributed by atoms with Crippen LogP contribution in [-0.2, 0) is 13.0 Å². The summed E-state index contributed by atoms with van der Waals surface area (Å²) >= 11 is 6.00. The van der Waals surface area contributed by atoms with Crippen LogP contribution in [0.5, 0.6) is 0 Å². The molecule has 0 atom stereocenters. The average molecular weight is 291 g/mol. The molecule has 1 N–H and O–H groups in total. The molecule has 3 rings (SSSR count). The van der Waals surface area contributed by atoms with E-state index in [2.05, 4.69) is 35.5 Å². The van der Waals surface area contributed by atoms with E-state index in [0.717, 1.165) is 18.7 Å². The fraction of sp³-hybridized carbons (Fsp3) is 0.250. The lowest BCUT2D eigenvalue weighted by Gasteiger charge is -2.13. The maximum atomic E-state index is 13.0. The van der Waals surface area contributed by atoms with E-state index < -0.39 is 0 Å². The van der Waals surface area contributed by atoms with Crippen molar-refractivity contribution in [2.75, 3.05) is 23.8 Å². The van der Waals surface area contributed by atoms with Gasteiger partial charge in [-0.25, -0.2) is 4.39 Å². The van der Waals surface area contributed by atoms with Gasteiger partial charge in [-0.05, 0) is 41.8 Å². The number of anilines is 2. The van der Waals surface area contributed by atoms with Gasteiger partial charge in [0.2, 0.25) is 0 Å². The number of fused-ring (bicyclic) bond motifs is 1. The Hall–Kier alpha value is -1.74. The highest BCUT2D eigenvalue weighted by atomic mass is 35.5. The van der Waals surface area contributed by atoms with Crippen molar-refractivity contribution in [1.82, 2.24) is 0 Å². The summed E-state index contributed by atoms with van der Waals surface area (Å²) < 4.78 is 13.0. The van der Waals surface area contributed by atoms with Crippen LogP contribution in [0.1, 0.15) is 11.1 Å². The van der Waals surface area contributed by atoms with Crippen molar-refractivity contribution in [1.29, 1.82) is 0 Å². The minimum Gasteiger partial charge on any atom is -0.380 e. The Kier molecular flexibility index (Phi) is 3.53. The second-order valence-corrected chi connectivity index (χ2v) is 5.52. The lowest BCUT2D eigenvalue weighted by molar-refractivity contribution is 0.628. The summed E-state index contributed by atoms with van der Waals surface area (Å²) in [6.07, 6.45) is 1.09. The largest absolute Gasteiger partial charge is 0.380 e. The van der Waals surface area contributed by atoms with E-state index in [4.69, 9.17) is 11.6 Å². The van der Waals surface area contributed by atoms with Crippen LogP contribution in [0.25, 0.3) is 0 Å². The quantitative estimate of drug-likeness (QED) is 0.916. The summed E-state index contributed by atoms with van der Waals surface area (Å²) in [6, 6.07) is 10.9. The molecule has 0 amide bonds. The zero-order valence-corrected chi connectivity index (χ0v) is 12.0. The van der Waals surface area contributed by atoms with E-state index >= 15 is 0 Å². The predicted molar refractivity (Wildman–Crippen MR) is 82.2 cm³/mol. The van der Waals surface area contributed by atoms with E-state index in [1.807, 2.05) is 0 Å². The molecule has 0 bridgehead atoms. The van der Waals surface area contributed by atoms with Gasteiger partial charge in [0.25, 0.3) is 0 Å². The number of halogens is 2. The molecule has 0 saturated heterocycles. The minimum absolute atomic E-state index is 0.318. The molecule has 20 heavy (non-hydrogen) atoms. The molecule has 0 unspecified atom stereocenters. The molecule has 0 saturated carbocycles. The van der Waals surface area contributed by atoms with Gasteiger partial charge in [-0.2, -0.15) is 0 Å². The second-order valence-electron chi connectivity index (χ2n) is 5.11. The van der Waals surface area contributed by atoms with Crippen molar-refractivity contribution in [3.63, 3.8) is 0 Å². The average Bonchev–Trinajstić information content (AvgIpc) is 2.79. The molecule has 0 aliphatic carbocycles. The van der Waals surface area contributed by atoms with Crippen LogP contribution in [0.3, 0.4) is 0 Å². The number of rotatable bonds is 3. The SMILES string of the molecule is CN1CCc2cc(CNc3ccc(F)cc3Cl)ccc21.